The van der Waals surface area contributed by atoms with Crippen molar-refractivity contribution in [1.82, 2.24) is 10.2 Å². The molecule has 1 aromatic heterocycles. The summed E-state index contributed by atoms with van der Waals surface area (Å²) in [5, 5.41) is 16.2. The van der Waals surface area contributed by atoms with Crippen molar-refractivity contribution in [2.45, 2.75) is 6.61 Å². The second-order valence-electron chi connectivity index (χ2n) is 4.52. The minimum absolute atomic E-state index is 0.0260. The van der Waals surface area contributed by atoms with Gasteiger partial charge in [0, 0.05) is 16.2 Å². The van der Waals surface area contributed by atoms with Gasteiger partial charge in [0.1, 0.15) is 0 Å². The Kier molecular flexibility index (Phi) is 3.67. The van der Waals surface area contributed by atoms with E-state index in [-0.39, 0.29) is 6.61 Å². The minimum atomic E-state index is 0.0260. The summed E-state index contributed by atoms with van der Waals surface area (Å²) in [5.74, 6) is 0. The van der Waals surface area contributed by atoms with Crippen LogP contribution in [0.1, 0.15) is 5.56 Å². The Morgan fingerprint density at radius 1 is 1.00 bits per heavy atom. The van der Waals surface area contributed by atoms with Crippen molar-refractivity contribution in [2.75, 3.05) is 0 Å². The molecule has 0 spiro atoms. The molecule has 1 heterocycles. The molecule has 2 N–H and O–H groups in total. The van der Waals surface area contributed by atoms with Crippen molar-refractivity contribution < 1.29 is 5.11 Å². The first kappa shape index (κ1) is 13.1. The van der Waals surface area contributed by atoms with Crippen molar-refractivity contribution >= 4 is 15.9 Å². The van der Waals surface area contributed by atoms with Gasteiger partial charge in [-0.05, 0) is 34.4 Å². The fourth-order valence-corrected chi connectivity index (χ4v) is 2.63. The van der Waals surface area contributed by atoms with Gasteiger partial charge in [0.2, 0.25) is 0 Å². The molecule has 0 aliphatic heterocycles. The molecule has 0 unspecified atom stereocenters. The van der Waals surface area contributed by atoms with Crippen LogP contribution in [0.3, 0.4) is 0 Å². The number of aromatic amines is 1. The molecule has 4 heteroatoms. The first-order valence-corrected chi connectivity index (χ1v) is 7.06. The maximum Gasteiger partial charge on any atom is 0.0688 e. The number of aliphatic hydroxyl groups excluding tert-OH is 1. The van der Waals surface area contributed by atoms with Crippen LogP contribution in [0.2, 0.25) is 0 Å². The summed E-state index contributed by atoms with van der Waals surface area (Å²) in [4.78, 5) is 0. The number of H-pyrrole nitrogens is 1. The average Bonchev–Trinajstić information content (AvgIpc) is 3.01. The number of hydrogen-bond acceptors (Lipinski definition) is 2. The number of aliphatic hydroxyl groups is 1. The van der Waals surface area contributed by atoms with Gasteiger partial charge in [-0.2, -0.15) is 5.10 Å². The van der Waals surface area contributed by atoms with Crippen LogP contribution in [-0.2, 0) is 6.61 Å². The molecule has 3 aromatic rings. The summed E-state index contributed by atoms with van der Waals surface area (Å²) in [6.07, 6.45) is 3.67. The van der Waals surface area contributed by atoms with Gasteiger partial charge < -0.3 is 5.11 Å². The van der Waals surface area contributed by atoms with Crippen LogP contribution in [0.5, 0.6) is 0 Å². The highest BCUT2D eigenvalue weighted by atomic mass is 79.9. The Bertz CT molecular complexity index is 706. The third-order valence-corrected chi connectivity index (χ3v) is 3.76. The average molecular weight is 329 g/mol. The number of nitrogens with one attached hydrogen (secondary N) is 1. The summed E-state index contributed by atoms with van der Waals surface area (Å²) in [6, 6.07) is 14.2. The Morgan fingerprint density at radius 3 is 2.40 bits per heavy atom. The monoisotopic (exact) mass is 328 g/mol. The number of halogens is 1. The molecule has 2 aromatic carbocycles. The van der Waals surface area contributed by atoms with Gasteiger partial charge in [-0.15, -0.1) is 0 Å². The lowest BCUT2D eigenvalue weighted by molar-refractivity contribution is 0.282. The number of aromatic nitrogens is 2. The van der Waals surface area contributed by atoms with Crippen molar-refractivity contribution in [3.63, 3.8) is 0 Å². The SMILES string of the molecule is OCc1cc(Br)ccc1-c1ccc(-c2cn[nH]c2)cc1. The van der Waals surface area contributed by atoms with Crippen LogP contribution in [0.4, 0.5) is 0 Å². The fourth-order valence-electron chi connectivity index (χ4n) is 2.23. The summed E-state index contributed by atoms with van der Waals surface area (Å²) >= 11 is 3.43. The molecule has 0 aliphatic carbocycles. The maximum absolute atomic E-state index is 9.48. The van der Waals surface area contributed by atoms with E-state index in [1.165, 1.54) is 0 Å². The van der Waals surface area contributed by atoms with Gasteiger partial charge in [-0.25, -0.2) is 0 Å². The van der Waals surface area contributed by atoms with E-state index in [2.05, 4.69) is 50.4 Å². The number of rotatable bonds is 3. The summed E-state index contributed by atoms with van der Waals surface area (Å²) in [6.45, 7) is 0.0260. The molecule has 0 radical (unpaired) electrons. The summed E-state index contributed by atoms with van der Waals surface area (Å²) in [5.41, 5.74) is 5.23. The molecular formula is C16H13BrN2O. The number of benzene rings is 2. The molecule has 0 saturated carbocycles. The normalized spacial score (nSPS) is 10.7. The zero-order valence-corrected chi connectivity index (χ0v) is 12.3. The van der Waals surface area contributed by atoms with Gasteiger partial charge in [0.15, 0.2) is 0 Å². The molecule has 3 nitrogen and oxygen atoms in total. The highest BCUT2D eigenvalue weighted by molar-refractivity contribution is 9.10. The first-order valence-electron chi connectivity index (χ1n) is 6.27. The topological polar surface area (TPSA) is 48.9 Å². The molecule has 0 amide bonds. The van der Waals surface area contributed by atoms with E-state index in [0.717, 1.165) is 32.3 Å². The van der Waals surface area contributed by atoms with Crippen LogP contribution < -0.4 is 0 Å². The van der Waals surface area contributed by atoms with E-state index in [9.17, 15) is 5.11 Å². The van der Waals surface area contributed by atoms with E-state index >= 15 is 0 Å². The minimum Gasteiger partial charge on any atom is -0.392 e. The molecular weight excluding hydrogens is 316 g/mol. The van der Waals surface area contributed by atoms with Crippen LogP contribution >= 0.6 is 15.9 Å². The zero-order valence-electron chi connectivity index (χ0n) is 10.7. The highest BCUT2D eigenvalue weighted by Crippen LogP contribution is 2.28. The van der Waals surface area contributed by atoms with Crippen LogP contribution in [0.25, 0.3) is 22.3 Å². The van der Waals surface area contributed by atoms with Crippen molar-refractivity contribution in [3.05, 3.63) is 64.9 Å². The molecule has 3 rings (SSSR count). The van der Waals surface area contributed by atoms with E-state index in [1.54, 1.807) is 6.20 Å². The Balaban J connectivity index is 1.99. The lowest BCUT2D eigenvalue weighted by atomic mass is 9.98. The molecule has 20 heavy (non-hydrogen) atoms. The smallest absolute Gasteiger partial charge is 0.0688 e. The lowest BCUT2D eigenvalue weighted by Crippen LogP contribution is -1.89. The summed E-state index contributed by atoms with van der Waals surface area (Å²) < 4.78 is 0.973. The zero-order chi connectivity index (χ0) is 13.9. The second kappa shape index (κ2) is 5.61. The molecule has 0 fully saturated rings. The molecule has 0 bridgehead atoms. The van der Waals surface area contributed by atoms with E-state index in [1.807, 2.05) is 24.4 Å². The molecule has 100 valence electrons. The molecule has 0 aliphatic rings. The number of hydrogen-bond donors (Lipinski definition) is 2. The van der Waals surface area contributed by atoms with Crippen LogP contribution in [-0.4, -0.2) is 15.3 Å². The fraction of sp³-hybridized carbons (Fsp3) is 0.0625. The lowest BCUT2D eigenvalue weighted by Gasteiger charge is -2.09. The van der Waals surface area contributed by atoms with E-state index in [0.29, 0.717) is 0 Å². The molecule has 0 atom stereocenters. The maximum atomic E-state index is 9.48. The predicted molar refractivity (Wildman–Crippen MR) is 83.1 cm³/mol. The summed E-state index contributed by atoms with van der Waals surface area (Å²) in [7, 11) is 0. The van der Waals surface area contributed by atoms with Crippen LogP contribution in [0, 0.1) is 0 Å². The van der Waals surface area contributed by atoms with Crippen molar-refractivity contribution in [3.8, 4) is 22.3 Å². The van der Waals surface area contributed by atoms with Gasteiger partial charge in [0.05, 0.1) is 12.8 Å². The Labute approximate surface area is 125 Å². The Morgan fingerprint density at radius 2 is 1.75 bits per heavy atom. The Hall–Kier alpha value is -1.91. The van der Waals surface area contributed by atoms with E-state index in [4.69, 9.17) is 0 Å². The van der Waals surface area contributed by atoms with Gasteiger partial charge in [-0.3, -0.25) is 5.10 Å². The van der Waals surface area contributed by atoms with Crippen molar-refractivity contribution in [1.29, 1.82) is 0 Å². The van der Waals surface area contributed by atoms with Gasteiger partial charge in [-0.1, -0.05) is 46.3 Å². The third kappa shape index (κ3) is 2.53. The van der Waals surface area contributed by atoms with E-state index < -0.39 is 0 Å². The molecule has 0 saturated heterocycles. The standard InChI is InChI=1S/C16H13BrN2O/c17-15-5-6-16(13(7-15)10-20)12-3-1-11(2-4-12)14-8-18-19-9-14/h1-9,20H,10H2,(H,18,19). The third-order valence-electron chi connectivity index (χ3n) is 3.27. The van der Waals surface area contributed by atoms with Crippen molar-refractivity contribution in [2.24, 2.45) is 0 Å². The quantitative estimate of drug-likeness (QED) is 0.763. The predicted octanol–water partition coefficient (Wildman–Crippen LogP) is 4.00. The first-order chi connectivity index (χ1) is 9.78. The van der Waals surface area contributed by atoms with Gasteiger partial charge in [0.25, 0.3) is 0 Å². The van der Waals surface area contributed by atoms with Crippen LogP contribution in [0.15, 0.2) is 59.3 Å². The number of nitrogens with zero attached hydrogens (tertiary/aromatic N) is 1. The highest BCUT2D eigenvalue weighted by Gasteiger charge is 2.06. The second-order valence-corrected chi connectivity index (χ2v) is 5.44. The largest absolute Gasteiger partial charge is 0.392 e. The van der Waals surface area contributed by atoms with Gasteiger partial charge >= 0.3 is 0 Å².